The molecule has 3 aromatic rings. The first-order valence-corrected chi connectivity index (χ1v) is 11.0. The molecule has 0 bridgehead atoms. The molecule has 4 nitrogen and oxygen atoms in total. The van der Waals surface area contributed by atoms with Crippen molar-refractivity contribution in [3.8, 4) is 5.75 Å². The minimum absolute atomic E-state index is 0.130. The van der Waals surface area contributed by atoms with E-state index in [1.165, 1.54) is 4.90 Å². The smallest absolute Gasteiger partial charge is 0.293 e. The molecule has 4 rings (SSSR count). The van der Waals surface area contributed by atoms with Gasteiger partial charge in [0, 0.05) is 5.56 Å². The summed E-state index contributed by atoms with van der Waals surface area (Å²) in [5.74, 6) is 0.293. The van der Waals surface area contributed by atoms with Gasteiger partial charge in [-0.15, -0.1) is 0 Å². The largest absolute Gasteiger partial charge is 0.488 e. The molecule has 0 N–H and O–H groups in total. The van der Waals surface area contributed by atoms with Crippen LogP contribution in [0.2, 0.25) is 10.0 Å². The molecule has 3 aromatic carbocycles. The quantitative estimate of drug-likeness (QED) is 0.372. The van der Waals surface area contributed by atoms with Crippen LogP contribution in [0.5, 0.6) is 5.75 Å². The highest BCUT2D eigenvalue weighted by Gasteiger charge is 2.35. The Morgan fingerprint density at radius 1 is 0.871 bits per heavy atom. The van der Waals surface area contributed by atoms with E-state index in [4.69, 9.17) is 27.9 Å². The summed E-state index contributed by atoms with van der Waals surface area (Å²) in [5, 5.41) is 0.475. The summed E-state index contributed by atoms with van der Waals surface area (Å²) in [5.41, 5.74) is 2.50. The van der Waals surface area contributed by atoms with E-state index in [-0.39, 0.29) is 17.7 Å². The number of para-hydroxylation sites is 1. The fourth-order valence-corrected chi connectivity index (χ4v) is 4.21. The number of hydrogen-bond acceptors (Lipinski definition) is 4. The summed E-state index contributed by atoms with van der Waals surface area (Å²) in [6, 6.07) is 22.3. The normalized spacial score (nSPS) is 15.0. The van der Waals surface area contributed by atoms with Crippen molar-refractivity contribution in [2.75, 3.05) is 0 Å². The maximum Gasteiger partial charge on any atom is 0.293 e. The van der Waals surface area contributed by atoms with E-state index >= 15 is 0 Å². The Morgan fingerprint density at radius 2 is 1.61 bits per heavy atom. The number of ether oxygens (including phenoxy) is 1. The molecule has 0 radical (unpaired) electrons. The second kappa shape index (κ2) is 9.60. The number of carbonyl (C=O) groups excluding carboxylic acids is 2. The van der Waals surface area contributed by atoms with Gasteiger partial charge in [-0.05, 0) is 47.2 Å². The zero-order valence-corrected chi connectivity index (χ0v) is 18.6. The topological polar surface area (TPSA) is 46.6 Å². The Balaban J connectivity index is 1.52. The van der Waals surface area contributed by atoms with Crippen LogP contribution in [0.25, 0.3) is 6.08 Å². The maximum absolute atomic E-state index is 12.9. The van der Waals surface area contributed by atoms with Gasteiger partial charge in [0.05, 0.1) is 21.5 Å². The van der Waals surface area contributed by atoms with E-state index in [2.05, 4.69) is 0 Å². The number of rotatable bonds is 6. The molecule has 1 saturated heterocycles. The summed E-state index contributed by atoms with van der Waals surface area (Å²) in [6.45, 7) is 0.537. The molecular formula is C24H17Cl2NO3S. The Labute approximate surface area is 194 Å². The summed E-state index contributed by atoms with van der Waals surface area (Å²) >= 11 is 12.9. The van der Waals surface area contributed by atoms with Crippen LogP contribution in [0, 0.1) is 0 Å². The molecule has 0 saturated carbocycles. The maximum atomic E-state index is 12.9. The third-order valence-electron chi connectivity index (χ3n) is 4.64. The van der Waals surface area contributed by atoms with Crippen molar-refractivity contribution in [1.29, 1.82) is 0 Å². The number of imide groups is 1. The fraction of sp³-hybridized carbons (Fsp3) is 0.0833. The lowest BCUT2D eigenvalue weighted by atomic mass is 10.1. The van der Waals surface area contributed by atoms with Crippen molar-refractivity contribution in [2.45, 2.75) is 13.2 Å². The zero-order valence-electron chi connectivity index (χ0n) is 16.3. The van der Waals surface area contributed by atoms with Crippen molar-refractivity contribution in [1.82, 2.24) is 4.90 Å². The lowest BCUT2D eigenvalue weighted by Crippen LogP contribution is -2.27. The predicted molar refractivity (Wildman–Crippen MR) is 125 cm³/mol. The van der Waals surface area contributed by atoms with Gasteiger partial charge >= 0.3 is 0 Å². The highest BCUT2D eigenvalue weighted by atomic mass is 35.5. The minimum atomic E-state index is -0.348. The number of halogens is 2. The molecule has 1 heterocycles. The van der Waals surface area contributed by atoms with Gasteiger partial charge in [0.25, 0.3) is 11.1 Å². The Hall–Kier alpha value is -2.73. The third kappa shape index (κ3) is 5.13. The molecular weight excluding hydrogens is 453 g/mol. The zero-order chi connectivity index (χ0) is 21.8. The monoisotopic (exact) mass is 469 g/mol. The van der Waals surface area contributed by atoms with Gasteiger partial charge < -0.3 is 4.74 Å². The second-order valence-corrected chi connectivity index (χ2v) is 8.64. The third-order valence-corrected chi connectivity index (χ3v) is 6.29. The van der Waals surface area contributed by atoms with E-state index < -0.39 is 0 Å². The molecule has 0 aliphatic carbocycles. The molecule has 1 aliphatic rings. The van der Waals surface area contributed by atoms with Crippen LogP contribution in [0.1, 0.15) is 16.7 Å². The highest BCUT2D eigenvalue weighted by molar-refractivity contribution is 8.18. The van der Waals surface area contributed by atoms with Gasteiger partial charge in [0.1, 0.15) is 12.4 Å². The first-order valence-electron chi connectivity index (χ1n) is 9.46. The van der Waals surface area contributed by atoms with Gasteiger partial charge in [0.15, 0.2) is 0 Å². The summed E-state index contributed by atoms with van der Waals surface area (Å²) < 4.78 is 5.95. The van der Waals surface area contributed by atoms with Gasteiger partial charge in [-0.1, -0.05) is 77.8 Å². The number of carbonyl (C=O) groups is 2. The summed E-state index contributed by atoms with van der Waals surface area (Å²) in [7, 11) is 0. The highest BCUT2D eigenvalue weighted by Crippen LogP contribution is 2.35. The first-order chi connectivity index (χ1) is 15.0. The molecule has 0 aromatic heterocycles. The van der Waals surface area contributed by atoms with Crippen molar-refractivity contribution < 1.29 is 14.3 Å². The standard InChI is InChI=1S/C24H17Cl2NO3S/c25-19-11-10-17(12-20(19)26)14-27-23(28)22(31-24(27)29)13-18-8-4-5-9-21(18)30-15-16-6-2-1-3-7-16/h1-13H,14-15H2/b22-13+. The Kier molecular flexibility index (Phi) is 6.66. The van der Waals surface area contributed by atoms with Crippen molar-refractivity contribution in [3.63, 3.8) is 0 Å². The van der Waals surface area contributed by atoms with Crippen molar-refractivity contribution >= 4 is 52.2 Å². The molecule has 7 heteroatoms. The average Bonchev–Trinajstić information content (AvgIpc) is 3.04. The van der Waals surface area contributed by atoms with E-state index in [0.29, 0.717) is 27.3 Å². The molecule has 0 spiro atoms. The number of thioether (sulfide) groups is 1. The van der Waals surface area contributed by atoms with E-state index in [1.54, 1.807) is 24.3 Å². The Morgan fingerprint density at radius 3 is 2.39 bits per heavy atom. The van der Waals surface area contributed by atoms with Crippen LogP contribution in [0.15, 0.2) is 77.7 Å². The van der Waals surface area contributed by atoms with Crippen LogP contribution in [-0.4, -0.2) is 16.0 Å². The first kappa shape index (κ1) is 21.5. The molecule has 2 amide bonds. The van der Waals surface area contributed by atoms with Crippen molar-refractivity contribution in [2.24, 2.45) is 0 Å². The molecule has 1 aliphatic heterocycles. The van der Waals surface area contributed by atoms with Gasteiger partial charge in [-0.2, -0.15) is 0 Å². The van der Waals surface area contributed by atoms with Crippen molar-refractivity contribution in [3.05, 3.63) is 104 Å². The van der Waals surface area contributed by atoms with Crippen LogP contribution in [-0.2, 0) is 17.9 Å². The molecule has 156 valence electrons. The molecule has 1 fully saturated rings. The minimum Gasteiger partial charge on any atom is -0.488 e. The Bertz CT molecular complexity index is 1160. The van der Waals surface area contributed by atoms with Gasteiger partial charge in [-0.25, -0.2) is 0 Å². The summed E-state index contributed by atoms with van der Waals surface area (Å²) in [6.07, 6.45) is 1.69. The predicted octanol–water partition coefficient (Wildman–Crippen LogP) is 6.81. The SMILES string of the molecule is O=C1S/C(=C/c2ccccc2OCc2ccccc2)C(=O)N1Cc1ccc(Cl)c(Cl)c1. The molecule has 0 atom stereocenters. The van der Waals surface area contributed by atoms with Gasteiger partial charge in [0.2, 0.25) is 0 Å². The average molecular weight is 470 g/mol. The number of hydrogen-bond donors (Lipinski definition) is 0. The second-order valence-electron chi connectivity index (χ2n) is 6.83. The lowest BCUT2D eigenvalue weighted by molar-refractivity contribution is -0.123. The van der Waals surface area contributed by atoms with E-state index in [1.807, 2.05) is 54.6 Å². The van der Waals surface area contributed by atoms with Crippen LogP contribution in [0.4, 0.5) is 4.79 Å². The number of nitrogens with zero attached hydrogens (tertiary/aromatic N) is 1. The van der Waals surface area contributed by atoms with Crippen LogP contribution < -0.4 is 4.74 Å². The molecule has 0 unspecified atom stereocenters. The number of benzene rings is 3. The van der Waals surface area contributed by atoms with Crippen LogP contribution in [0.3, 0.4) is 0 Å². The number of amides is 2. The van der Waals surface area contributed by atoms with E-state index in [9.17, 15) is 9.59 Å². The van der Waals surface area contributed by atoms with Gasteiger partial charge in [-0.3, -0.25) is 14.5 Å². The fourth-order valence-electron chi connectivity index (χ4n) is 3.06. The van der Waals surface area contributed by atoms with E-state index in [0.717, 1.165) is 28.5 Å². The molecule has 31 heavy (non-hydrogen) atoms. The summed E-state index contributed by atoms with van der Waals surface area (Å²) in [4.78, 5) is 26.9. The lowest BCUT2D eigenvalue weighted by Gasteiger charge is -2.13. The van der Waals surface area contributed by atoms with Crippen LogP contribution >= 0.6 is 35.0 Å².